The summed E-state index contributed by atoms with van der Waals surface area (Å²) >= 11 is 0. The normalized spacial score (nSPS) is 13.2. The standard InChI is InChI=1S/C9H16N2O2/c1-4-5-7(13-3)9-10-8(12)6-11(9)2/h6-7,12H,4-5H2,1-3H3. The van der Waals surface area contributed by atoms with Gasteiger partial charge in [-0.15, -0.1) is 0 Å². The molecule has 0 aliphatic rings. The molecule has 0 fully saturated rings. The molecule has 1 heterocycles. The first-order valence-electron chi connectivity index (χ1n) is 4.44. The number of hydrogen-bond donors (Lipinski definition) is 1. The van der Waals surface area contributed by atoms with Crippen molar-refractivity contribution in [3.8, 4) is 5.88 Å². The van der Waals surface area contributed by atoms with Crippen LogP contribution in [0.2, 0.25) is 0 Å². The van der Waals surface area contributed by atoms with E-state index in [1.165, 1.54) is 0 Å². The number of nitrogens with zero attached hydrogens (tertiary/aromatic N) is 2. The van der Waals surface area contributed by atoms with Crippen LogP contribution >= 0.6 is 0 Å². The van der Waals surface area contributed by atoms with E-state index < -0.39 is 0 Å². The van der Waals surface area contributed by atoms with Crippen molar-refractivity contribution >= 4 is 0 Å². The van der Waals surface area contributed by atoms with Crippen LogP contribution in [0, 0.1) is 0 Å². The highest BCUT2D eigenvalue weighted by Gasteiger charge is 2.15. The quantitative estimate of drug-likeness (QED) is 0.773. The van der Waals surface area contributed by atoms with Crippen LogP contribution in [-0.4, -0.2) is 21.8 Å². The van der Waals surface area contributed by atoms with Crippen LogP contribution in [0.3, 0.4) is 0 Å². The molecule has 1 N–H and O–H groups in total. The zero-order valence-electron chi connectivity index (χ0n) is 8.32. The van der Waals surface area contributed by atoms with Gasteiger partial charge in [-0.1, -0.05) is 13.3 Å². The van der Waals surface area contributed by atoms with Gasteiger partial charge in [0.1, 0.15) is 11.9 Å². The summed E-state index contributed by atoms with van der Waals surface area (Å²) in [7, 11) is 3.51. The lowest BCUT2D eigenvalue weighted by molar-refractivity contribution is 0.0851. The average Bonchev–Trinajstić information content (AvgIpc) is 2.41. The second kappa shape index (κ2) is 4.28. The van der Waals surface area contributed by atoms with Crippen LogP contribution in [0.1, 0.15) is 31.7 Å². The Balaban J connectivity index is 2.83. The molecule has 4 nitrogen and oxygen atoms in total. The van der Waals surface area contributed by atoms with Gasteiger partial charge in [0.15, 0.2) is 0 Å². The van der Waals surface area contributed by atoms with Gasteiger partial charge in [-0.3, -0.25) is 0 Å². The second-order valence-corrected chi connectivity index (χ2v) is 3.08. The molecule has 0 aromatic carbocycles. The molecule has 0 saturated heterocycles. The summed E-state index contributed by atoms with van der Waals surface area (Å²) in [5.74, 6) is 0.831. The lowest BCUT2D eigenvalue weighted by atomic mass is 10.2. The van der Waals surface area contributed by atoms with E-state index in [1.807, 2.05) is 7.05 Å². The van der Waals surface area contributed by atoms with E-state index in [0.29, 0.717) is 0 Å². The highest BCUT2D eigenvalue weighted by Crippen LogP contribution is 2.22. The van der Waals surface area contributed by atoms with Gasteiger partial charge in [0.05, 0.1) is 6.20 Å². The fourth-order valence-corrected chi connectivity index (χ4v) is 1.38. The molecule has 1 aromatic heterocycles. The second-order valence-electron chi connectivity index (χ2n) is 3.08. The van der Waals surface area contributed by atoms with Crippen LogP contribution in [-0.2, 0) is 11.8 Å². The molecule has 0 spiro atoms. The first-order chi connectivity index (χ1) is 6.19. The minimum absolute atomic E-state index is 0.0177. The molecule has 4 heteroatoms. The SMILES string of the molecule is CCCC(OC)c1nc(O)cn1C. The fraction of sp³-hybridized carbons (Fsp3) is 0.667. The number of aromatic hydroxyl groups is 1. The first kappa shape index (κ1) is 10.1. The molecule has 0 aliphatic carbocycles. The lowest BCUT2D eigenvalue weighted by Crippen LogP contribution is -2.07. The summed E-state index contributed by atoms with van der Waals surface area (Å²) in [6, 6.07) is 0. The summed E-state index contributed by atoms with van der Waals surface area (Å²) in [5, 5.41) is 9.16. The predicted octanol–water partition coefficient (Wildman–Crippen LogP) is 1.61. The largest absolute Gasteiger partial charge is 0.492 e. The molecular formula is C9H16N2O2. The number of hydrogen-bond acceptors (Lipinski definition) is 3. The maximum Gasteiger partial charge on any atom is 0.229 e. The van der Waals surface area contributed by atoms with Crippen molar-refractivity contribution in [1.82, 2.24) is 9.55 Å². The Labute approximate surface area is 78.2 Å². The van der Waals surface area contributed by atoms with Gasteiger partial charge in [-0.2, -0.15) is 4.98 Å². The van der Waals surface area contributed by atoms with Gasteiger partial charge in [0, 0.05) is 14.2 Å². The van der Waals surface area contributed by atoms with Crippen molar-refractivity contribution in [1.29, 1.82) is 0 Å². The molecule has 74 valence electrons. The third kappa shape index (κ3) is 2.21. The van der Waals surface area contributed by atoms with Crippen molar-refractivity contribution in [3.63, 3.8) is 0 Å². The van der Waals surface area contributed by atoms with E-state index in [4.69, 9.17) is 9.84 Å². The Morgan fingerprint density at radius 1 is 1.69 bits per heavy atom. The minimum Gasteiger partial charge on any atom is -0.492 e. The van der Waals surface area contributed by atoms with E-state index in [0.717, 1.165) is 18.7 Å². The van der Waals surface area contributed by atoms with E-state index in [-0.39, 0.29) is 12.0 Å². The van der Waals surface area contributed by atoms with Crippen LogP contribution < -0.4 is 0 Å². The highest BCUT2D eigenvalue weighted by atomic mass is 16.5. The molecule has 13 heavy (non-hydrogen) atoms. The zero-order chi connectivity index (χ0) is 9.84. The molecule has 1 atom stereocenters. The van der Waals surface area contributed by atoms with Gasteiger partial charge < -0.3 is 14.4 Å². The number of methoxy groups -OCH3 is 1. The van der Waals surface area contributed by atoms with Crippen molar-refractivity contribution in [3.05, 3.63) is 12.0 Å². The van der Waals surface area contributed by atoms with Crippen LogP contribution in [0.4, 0.5) is 0 Å². The smallest absolute Gasteiger partial charge is 0.229 e. The fourth-order valence-electron chi connectivity index (χ4n) is 1.38. The third-order valence-electron chi connectivity index (χ3n) is 2.02. The van der Waals surface area contributed by atoms with Crippen LogP contribution in [0.25, 0.3) is 0 Å². The molecule has 1 rings (SSSR count). The van der Waals surface area contributed by atoms with Crippen molar-refractivity contribution in [2.75, 3.05) is 7.11 Å². The van der Waals surface area contributed by atoms with Crippen molar-refractivity contribution < 1.29 is 9.84 Å². The molecule has 0 aliphatic heterocycles. The Kier molecular flexibility index (Phi) is 3.31. The predicted molar refractivity (Wildman–Crippen MR) is 49.5 cm³/mol. The highest BCUT2D eigenvalue weighted by molar-refractivity contribution is 5.09. The summed E-state index contributed by atoms with van der Waals surface area (Å²) in [4.78, 5) is 3.99. The van der Waals surface area contributed by atoms with E-state index in [2.05, 4.69) is 11.9 Å². The Morgan fingerprint density at radius 2 is 2.38 bits per heavy atom. The molecule has 1 aromatic rings. The first-order valence-corrected chi connectivity index (χ1v) is 4.44. The molecule has 0 radical (unpaired) electrons. The van der Waals surface area contributed by atoms with E-state index in [9.17, 15) is 0 Å². The van der Waals surface area contributed by atoms with Gasteiger partial charge in [-0.25, -0.2) is 0 Å². The number of aromatic nitrogens is 2. The Hall–Kier alpha value is -1.03. The van der Waals surface area contributed by atoms with Gasteiger partial charge >= 0.3 is 0 Å². The summed E-state index contributed by atoms with van der Waals surface area (Å²) < 4.78 is 7.07. The number of aryl methyl sites for hydroxylation is 1. The minimum atomic E-state index is -0.0177. The third-order valence-corrected chi connectivity index (χ3v) is 2.02. The van der Waals surface area contributed by atoms with Gasteiger partial charge in [0.2, 0.25) is 5.88 Å². The molecule has 0 bridgehead atoms. The van der Waals surface area contributed by atoms with Crippen LogP contribution in [0.5, 0.6) is 5.88 Å². The maximum atomic E-state index is 9.16. The van der Waals surface area contributed by atoms with Crippen molar-refractivity contribution in [2.24, 2.45) is 7.05 Å². The maximum absolute atomic E-state index is 9.16. The number of ether oxygens (including phenoxy) is 1. The number of rotatable bonds is 4. The van der Waals surface area contributed by atoms with Gasteiger partial charge in [-0.05, 0) is 6.42 Å². The monoisotopic (exact) mass is 184 g/mol. The van der Waals surface area contributed by atoms with Gasteiger partial charge in [0.25, 0.3) is 0 Å². The van der Waals surface area contributed by atoms with E-state index >= 15 is 0 Å². The Morgan fingerprint density at radius 3 is 2.77 bits per heavy atom. The molecule has 1 unspecified atom stereocenters. The van der Waals surface area contributed by atoms with Crippen molar-refractivity contribution in [2.45, 2.75) is 25.9 Å². The molecular weight excluding hydrogens is 168 g/mol. The van der Waals surface area contributed by atoms with E-state index in [1.54, 1.807) is 17.9 Å². The average molecular weight is 184 g/mol. The zero-order valence-corrected chi connectivity index (χ0v) is 8.32. The molecule has 0 amide bonds. The lowest BCUT2D eigenvalue weighted by Gasteiger charge is -2.13. The summed E-state index contributed by atoms with van der Waals surface area (Å²) in [6.07, 6.45) is 3.51. The Bertz CT molecular complexity index is 271. The summed E-state index contributed by atoms with van der Waals surface area (Å²) in [6.45, 7) is 2.09. The molecule has 0 saturated carbocycles. The number of imidazole rings is 1. The topological polar surface area (TPSA) is 47.3 Å². The summed E-state index contributed by atoms with van der Waals surface area (Å²) in [5.41, 5.74) is 0. The van der Waals surface area contributed by atoms with Crippen LogP contribution in [0.15, 0.2) is 6.20 Å².